The molecule has 2 aromatic heterocycles. The molecule has 0 atom stereocenters. The van der Waals surface area contributed by atoms with Gasteiger partial charge >= 0.3 is 0 Å². The zero-order valence-electron chi connectivity index (χ0n) is 16.6. The van der Waals surface area contributed by atoms with E-state index in [0.717, 1.165) is 60.9 Å². The second kappa shape index (κ2) is 8.92. The Balaban J connectivity index is 1.62. The molecule has 6 nitrogen and oxygen atoms in total. The summed E-state index contributed by atoms with van der Waals surface area (Å²) in [5.74, 6) is 0.0527. The van der Waals surface area contributed by atoms with E-state index in [9.17, 15) is 9.18 Å². The summed E-state index contributed by atoms with van der Waals surface area (Å²) in [6, 6.07) is 11.9. The van der Waals surface area contributed by atoms with Crippen molar-refractivity contribution in [1.82, 2.24) is 15.3 Å². The number of hydrogen-bond donors (Lipinski definition) is 3. The number of anilines is 1. The van der Waals surface area contributed by atoms with Crippen LogP contribution in [0.3, 0.4) is 0 Å². The predicted octanol–water partition coefficient (Wildman–Crippen LogP) is 3.28. The molecule has 1 aliphatic rings. The average molecular weight is 405 g/mol. The molecule has 7 heteroatoms. The van der Waals surface area contributed by atoms with Gasteiger partial charge in [-0.1, -0.05) is 18.2 Å². The summed E-state index contributed by atoms with van der Waals surface area (Å²) >= 11 is 0. The molecule has 1 aliphatic heterocycles. The van der Waals surface area contributed by atoms with Gasteiger partial charge < -0.3 is 20.9 Å². The molecule has 3 heterocycles. The highest BCUT2D eigenvalue weighted by atomic mass is 19.1. The Kier molecular flexibility index (Phi) is 5.90. The van der Waals surface area contributed by atoms with Crippen molar-refractivity contribution in [3.05, 3.63) is 71.3 Å². The van der Waals surface area contributed by atoms with Crippen LogP contribution in [0.1, 0.15) is 28.0 Å². The van der Waals surface area contributed by atoms with Crippen LogP contribution in [0.4, 0.5) is 10.2 Å². The average Bonchev–Trinajstić information content (AvgIpc) is 3.03. The first-order chi connectivity index (χ1) is 14.6. The third-order valence-corrected chi connectivity index (χ3v) is 5.13. The van der Waals surface area contributed by atoms with Gasteiger partial charge in [0.05, 0.1) is 11.3 Å². The first-order valence-electron chi connectivity index (χ1n) is 9.99. The molecule has 3 aromatic rings. The number of halogens is 1. The molecule has 0 bridgehead atoms. The lowest BCUT2D eigenvalue weighted by Crippen LogP contribution is -2.30. The molecule has 1 aromatic carbocycles. The van der Waals surface area contributed by atoms with Crippen LogP contribution in [-0.2, 0) is 0 Å². The highest BCUT2D eigenvalue weighted by Gasteiger charge is 2.20. The monoisotopic (exact) mass is 405 g/mol. The van der Waals surface area contributed by atoms with E-state index in [0.29, 0.717) is 5.56 Å². The zero-order valence-corrected chi connectivity index (χ0v) is 16.6. The number of rotatable bonds is 5. The van der Waals surface area contributed by atoms with Gasteiger partial charge in [0.25, 0.3) is 5.91 Å². The Morgan fingerprint density at radius 2 is 1.93 bits per heavy atom. The smallest absolute Gasteiger partial charge is 0.252 e. The summed E-state index contributed by atoms with van der Waals surface area (Å²) < 4.78 is 13.1. The quantitative estimate of drug-likeness (QED) is 0.608. The molecule has 30 heavy (non-hydrogen) atoms. The van der Waals surface area contributed by atoms with Crippen LogP contribution < -0.4 is 16.0 Å². The highest BCUT2D eigenvalue weighted by Crippen LogP contribution is 2.28. The second-order valence-electron chi connectivity index (χ2n) is 7.25. The van der Waals surface area contributed by atoms with Gasteiger partial charge in [-0.05, 0) is 54.9 Å². The summed E-state index contributed by atoms with van der Waals surface area (Å²) in [4.78, 5) is 22.0. The SMILES string of the molecule is NC(=O)c1cc(-c2ccnc(C=Cc3ccc(F)cc3)c2)[nH]c1N1CCCNCC1. The zero-order chi connectivity index (χ0) is 20.9. The molecule has 0 spiro atoms. The minimum atomic E-state index is -0.449. The van der Waals surface area contributed by atoms with Crippen molar-refractivity contribution in [3.63, 3.8) is 0 Å². The minimum Gasteiger partial charge on any atom is -0.365 e. The summed E-state index contributed by atoms with van der Waals surface area (Å²) in [6.45, 7) is 3.49. The van der Waals surface area contributed by atoms with Crippen LogP contribution in [0.15, 0.2) is 48.7 Å². The maximum absolute atomic E-state index is 13.1. The Morgan fingerprint density at radius 3 is 2.73 bits per heavy atom. The first kappa shape index (κ1) is 19.8. The molecule has 4 rings (SSSR count). The van der Waals surface area contributed by atoms with Gasteiger partial charge in [-0.3, -0.25) is 9.78 Å². The van der Waals surface area contributed by atoms with Crippen molar-refractivity contribution in [2.45, 2.75) is 6.42 Å². The van der Waals surface area contributed by atoms with E-state index in [1.165, 1.54) is 12.1 Å². The first-order valence-corrected chi connectivity index (χ1v) is 9.99. The second-order valence-corrected chi connectivity index (χ2v) is 7.25. The van der Waals surface area contributed by atoms with Crippen LogP contribution in [0.2, 0.25) is 0 Å². The van der Waals surface area contributed by atoms with Crippen molar-refractivity contribution >= 4 is 23.9 Å². The largest absolute Gasteiger partial charge is 0.365 e. The van der Waals surface area contributed by atoms with E-state index in [4.69, 9.17) is 5.73 Å². The minimum absolute atomic E-state index is 0.264. The van der Waals surface area contributed by atoms with Crippen LogP contribution in [0, 0.1) is 5.82 Å². The van der Waals surface area contributed by atoms with E-state index in [1.807, 2.05) is 24.3 Å². The summed E-state index contributed by atoms with van der Waals surface area (Å²) in [5.41, 5.74) is 9.51. The van der Waals surface area contributed by atoms with Crippen LogP contribution >= 0.6 is 0 Å². The van der Waals surface area contributed by atoms with Gasteiger partial charge in [0.15, 0.2) is 0 Å². The fourth-order valence-corrected chi connectivity index (χ4v) is 3.57. The van der Waals surface area contributed by atoms with Gasteiger partial charge in [-0.15, -0.1) is 0 Å². The van der Waals surface area contributed by atoms with Crippen LogP contribution in [0.5, 0.6) is 0 Å². The molecule has 1 fully saturated rings. The Morgan fingerprint density at radius 1 is 1.10 bits per heavy atom. The molecule has 0 aliphatic carbocycles. The number of nitrogens with zero attached hydrogens (tertiary/aromatic N) is 2. The number of amides is 1. The number of carbonyl (C=O) groups excluding carboxylic acids is 1. The predicted molar refractivity (Wildman–Crippen MR) is 118 cm³/mol. The molecule has 4 N–H and O–H groups in total. The Labute approximate surface area is 174 Å². The van der Waals surface area contributed by atoms with Crippen molar-refractivity contribution < 1.29 is 9.18 Å². The van der Waals surface area contributed by atoms with E-state index < -0.39 is 5.91 Å². The summed E-state index contributed by atoms with van der Waals surface area (Å²) in [6.07, 6.45) is 6.47. The number of nitrogens with one attached hydrogen (secondary N) is 2. The van der Waals surface area contributed by atoms with Crippen LogP contribution in [-0.4, -0.2) is 42.1 Å². The van der Waals surface area contributed by atoms with Gasteiger partial charge in [0.2, 0.25) is 0 Å². The third kappa shape index (κ3) is 4.58. The highest BCUT2D eigenvalue weighted by molar-refractivity contribution is 5.99. The molecule has 154 valence electrons. The van der Waals surface area contributed by atoms with Crippen molar-refractivity contribution in [3.8, 4) is 11.3 Å². The number of aromatic amines is 1. The maximum Gasteiger partial charge on any atom is 0.252 e. The van der Waals surface area contributed by atoms with Gasteiger partial charge in [-0.25, -0.2) is 4.39 Å². The maximum atomic E-state index is 13.1. The Bertz CT molecular complexity index is 1050. The summed E-state index contributed by atoms with van der Waals surface area (Å²) in [7, 11) is 0. The van der Waals surface area contributed by atoms with Gasteiger partial charge in [0.1, 0.15) is 11.6 Å². The number of pyridine rings is 1. The molecule has 1 amide bonds. The lowest BCUT2D eigenvalue weighted by atomic mass is 10.1. The van der Waals surface area contributed by atoms with Crippen LogP contribution in [0.25, 0.3) is 23.4 Å². The standard InChI is InChI=1S/C23H24FN5O/c24-18-5-2-16(3-6-18)4-7-19-14-17(8-10-27-19)21-15-20(22(25)30)23(28-21)29-12-1-9-26-11-13-29/h2-8,10,14-15,26,28H,1,9,11-13H2,(H2,25,30). The number of nitrogens with two attached hydrogens (primary N) is 1. The number of carbonyl (C=O) groups is 1. The molecule has 0 saturated carbocycles. The Hall–Kier alpha value is -3.45. The van der Waals surface area contributed by atoms with E-state index in [-0.39, 0.29) is 5.82 Å². The van der Waals surface area contributed by atoms with E-state index >= 15 is 0 Å². The number of hydrogen-bond acceptors (Lipinski definition) is 4. The fourth-order valence-electron chi connectivity index (χ4n) is 3.57. The van der Waals surface area contributed by atoms with Crippen molar-refractivity contribution in [1.29, 1.82) is 0 Å². The summed E-state index contributed by atoms with van der Waals surface area (Å²) in [5, 5.41) is 3.36. The number of H-pyrrole nitrogens is 1. The fraction of sp³-hybridized carbons (Fsp3) is 0.217. The number of aromatic nitrogens is 2. The van der Waals surface area contributed by atoms with E-state index in [2.05, 4.69) is 20.2 Å². The normalized spacial score (nSPS) is 14.8. The van der Waals surface area contributed by atoms with Gasteiger partial charge in [0, 0.05) is 37.1 Å². The molecule has 0 unspecified atom stereocenters. The van der Waals surface area contributed by atoms with Crippen molar-refractivity contribution in [2.75, 3.05) is 31.1 Å². The van der Waals surface area contributed by atoms with Crippen molar-refractivity contribution in [2.24, 2.45) is 5.73 Å². The third-order valence-electron chi connectivity index (χ3n) is 5.13. The molecule has 0 radical (unpaired) electrons. The number of primary amides is 1. The van der Waals surface area contributed by atoms with E-state index in [1.54, 1.807) is 24.4 Å². The molecule has 1 saturated heterocycles. The number of benzene rings is 1. The molecular weight excluding hydrogens is 381 g/mol. The topological polar surface area (TPSA) is 87.0 Å². The molecular formula is C23H24FN5O. The lowest BCUT2D eigenvalue weighted by molar-refractivity contribution is 0.100. The van der Waals surface area contributed by atoms with Gasteiger partial charge in [-0.2, -0.15) is 0 Å². The lowest BCUT2D eigenvalue weighted by Gasteiger charge is -2.21.